The van der Waals surface area contributed by atoms with Crippen molar-refractivity contribution < 1.29 is 41.3 Å². The summed E-state index contributed by atoms with van der Waals surface area (Å²) in [6.07, 6.45) is -0.266. The average molecular weight is 326 g/mol. The van der Waals surface area contributed by atoms with Gasteiger partial charge < -0.3 is 19.6 Å². The SMILES string of the molecule is CCC(OS(=O)OC(CC)P(=O)(O)O)P(=O)(O)O. The van der Waals surface area contributed by atoms with Crippen LogP contribution < -0.4 is 0 Å². The van der Waals surface area contributed by atoms with Crippen molar-refractivity contribution in [1.29, 1.82) is 0 Å². The average Bonchev–Trinajstić information content (AvgIpc) is 2.19. The van der Waals surface area contributed by atoms with Crippen LogP contribution in [0.25, 0.3) is 0 Å². The molecule has 0 aliphatic carbocycles. The molecule has 0 aliphatic rings. The van der Waals surface area contributed by atoms with E-state index in [1.54, 1.807) is 0 Å². The van der Waals surface area contributed by atoms with Gasteiger partial charge in [-0.15, -0.1) is 0 Å². The lowest BCUT2D eigenvalue weighted by molar-refractivity contribution is 0.172. The highest BCUT2D eigenvalue weighted by molar-refractivity contribution is 7.76. The van der Waals surface area contributed by atoms with E-state index >= 15 is 0 Å². The van der Waals surface area contributed by atoms with Crippen LogP contribution in [0.5, 0.6) is 0 Å². The maximum atomic E-state index is 11.3. The third-order valence-corrected chi connectivity index (χ3v) is 5.33. The van der Waals surface area contributed by atoms with Crippen LogP contribution in [0.2, 0.25) is 0 Å². The molecule has 0 heterocycles. The van der Waals surface area contributed by atoms with Crippen molar-refractivity contribution in [1.82, 2.24) is 0 Å². The zero-order valence-corrected chi connectivity index (χ0v) is 12.3. The molecule has 18 heavy (non-hydrogen) atoms. The molecule has 0 aromatic carbocycles. The lowest BCUT2D eigenvalue weighted by Gasteiger charge is -2.19. The minimum atomic E-state index is -4.61. The maximum Gasteiger partial charge on any atom is 0.355 e. The fourth-order valence-corrected chi connectivity index (χ4v) is 3.88. The van der Waals surface area contributed by atoms with E-state index in [0.29, 0.717) is 0 Å². The Morgan fingerprint density at radius 1 is 0.944 bits per heavy atom. The normalized spacial score (nSPS) is 18.3. The summed E-state index contributed by atoms with van der Waals surface area (Å²) in [4.78, 5) is 35.3. The Balaban J connectivity index is 4.60. The molecular formula is C6H16O9P2S. The van der Waals surface area contributed by atoms with Gasteiger partial charge in [-0.05, 0) is 12.8 Å². The van der Waals surface area contributed by atoms with Crippen molar-refractivity contribution in [2.75, 3.05) is 0 Å². The van der Waals surface area contributed by atoms with Crippen molar-refractivity contribution in [3.05, 3.63) is 0 Å². The molecule has 0 amide bonds. The predicted octanol–water partition coefficient (Wildman–Crippen LogP) is 0.426. The Hall–Kier alpha value is 0.370. The molecule has 2 unspecified atom stereocenters. The Morgan fingerprint density at radius 2 is 1.22 bits per heavy atom. The van der Waals surface area contributed by atoms with Crippen molar-refractivity contribution in [3.8, 4) is 0 Å². The van der Waals surface area contributed by atoms with E-state index in [1.807, 2.05) is 0 Å². The monoisotopic (exact) mass is 326 g/mol. The summed E-state index contributed by atoms with van der Waals surface area (Å²) < 4.78 is 41.9. The Kier molecular flexibility index (Phi) is 7.38. The Labute approximate surface area is 107 Å². The van der Waals surface area contributed by atoms with E-state index in [4.69, 9.17) is 19.6 Å². The van der Waals surface area contributed by atoms with Crippen LogP contribution in [0.1, 0.15) is 26.7 Å². The second-order valence-corrected chi connectivity index (χ2v) is 7.60. The van der Waals surface area contributed by atoms with Gasteiger partial charge in [-0.3, -0.25) is 17.5 Å². The van der Waals surface area contributed by atoms with E-state index in [9.17, 15) is 13.3 Å². The summed E-state index contributed by atoms with van der Waals surface area (Å²) in [5, 5.41) is 0. The smallest absolute Gasteiger partial charge is 0.323 e. The third-order valence-electron chi connectivity index (χ3n) is 1.83. The van der Waals surface area contributed by atoms with Crippen LogP contribution in [0, 0.1) is 0 Å². The van der Waals surface area contributed by atoms with Crippen LogP contribution in [-0.4, -0.2) is 35.5 Å². The molecular weight excluding hydrogens is 310 g/mol. The quantitative estimate of drug-likeness (QED) is 0.465. The summed E-state index contributed by atoms with van der Waals surface area (Å²) in [6.45, 7) is 2.78. The van der Waals surface area contributed by atoms with E-state index < -0.39 is 38.2 Å². The lowest BCUT2D eigenvalue weighted by atomic mass is 10.5. The van der Waals surface area contributed by atoms with E-state index in [1.165, 1.54) is 13.8 Å². The summed E-state index contributed by atoms with van der Waals surface area (Å²) in [6, 6.07) is 0. The summed E-state index contributed by atoms with van der Waals surface area (Å²) >= 11 is -2.66. The molecule has 0 rings (SSSR count). The van der Waals surface area contributed by atoms with E-state index in [-0.39, 0.29) is 12.8 Å². The molecule has 0 aromatic heterocycles. The largest absolute Gasteiger partial charge is 0.355 e. The van der Waals surface area contributed by atoms with Gasteiger partial charge in [0.1, 0.15) is 0 Å². The third kappa shape index (κ3) is 6.51. The van der Waals surface area contributed by atoms with Gasteiger partial charge in [0, 0.05) is 0 Å². The van der Waals surface area contributed by atoms with Crippen molar-refractivity contribution in [2.45, 2.75) is 38.4 Å². The second-order valence-electron chi connectivity index (χ2n) is 3.30. The van der Waals surface area contributed by atoms with Crippen molar-refractivity contribution in [3.63, 3.8) is 0 Å². The zero-order valence-electron chi connectivity index (χ0n) is 9.70. The van der Waals surface area contributed by atoms with Crippen molar-refractivity contribution >= 4 is 26.6 Å². The first kappa shape index (κ1) is 18.4. The van der Waals surface area contributed by atoms with Gasteiger partial charge in [-0.1, -0.05) is 13.8 Å². The standard InChI is InChI=1S/C6H16O9P2S/c1-3-5(16(7,8)9)14-18(13)15-6(4-2)17(10,11)12/h5-6H,3-4H2,1-2H3,(H2,7,8,9)(H2,10,11,12). The second kappa shape index (κ2) is 7.23. The molecule has 0 fully saturated rings. The first-order valence-electron chi connectivity index (χ1n) is 4.88. The lowest BCUT2D eigenvalue weighted by Crippen LogP contribution is -2.20. The van der Waals surface area contributed by atoms with Crippen LogP contribution >= 0.6 is 15.2 Å². The molecule has 0 saturated carbocycles. The van der Waals surface area contributed by atoms with Crippen molar-refractivity contribution in [2.24, 2.45) is 0 Å². The fraction of sp³-hybridized carbons (Fsp3) is 1.00. The Bertz CT molecular complexity index is 339. The molecule has 0 saturated heterocycles. The first-order valence-corrected chi connectivity index (χ1v) is 9.25. The summed E-state index contributed by atoms with van der Waals surface area (Å²) in [7, 11) is -9.22. The minimum absolute atomic E-state index is 0.133. The van der Waals surface area contributed by atoms with Gasteiger partial charge in [0.25, 0.3) is 0 Å². The molecule has 0 radical (unpaired) electrons. The van der Waals surface area contributed by atoms with E-state index in [2.05, 4.69) is 8.37 Å². The zero-order chi connectivity index (χ0) is 14.6. The van der Waals surface area contributed by atoms with Gasteiger partial charge in [-0.2, -0.15) is 4.21 Å². The molecule has 4 N–H and O–H groups in total. The van der Waals surface area contributed by atoms with Crippen LogP contribution in [-0.2, 0) is 28.9 Å². The molecule has 2 atom stereocenters. The van der Waals surface area contributed by atoms with Gasteiger partial charge in [0.05, 0.1) is 0 Å². The fourth-order valence-electron chi connectivity index (χ4n) is 0.928. The highest BCUT2D eigenvalue weighted by Crippen LogP contribution is 2.46. The van der Waals surface area contributed by atoms with Crippen LogP contribution in [0.15, 0.2) is 0 Å². The summed E-state index contributed by atoms with van der Waals surface area (Å²) in [5.74, 6) is -3.29. The highest BCUT2D eigenvalue weighted by Gasteiger charge is 2.34. The van der Waals surface area contributed by atoms with Gasteiger partial charge in [0.15, 0.2) is 11.7 Å². The maximum absolute atomic E-state index is 11.3. The molecule has 0 spiro atoms. The molecule has 12 heteroatoms. The first-order chi connectivity index (χ1) is 8.02. The molecule has 110 valence electrons. The predicted molar refractivity (Wildman–Crippen MR) is 62.6 cm³/mol. The Morgan fingerprint density at radius 3 is 1.39 bits per heavy atom. The van der Waals surface area contributed by atoms with Gasteiger partial charge in [-0.25, -0.2) is 0 Å². The number of hydrogen-bond acceptors (Lipinski definition) is 5. The highest BCUT2D eigenvalue weighted by atomic mass is 32.2. The topological polar surface area (TPSA) is 151 Å². The molecule has 0 aliphatic heterocycles. The number of hydrogen-bond donors (Lipinski definition) is 4. The molecule has 0 aromatic rings. The molecule has 9 nitrogen and oxygen atoms in total. The number of rotatable bonds is 8. The van der Waals surface area contributed by atoms with Crippen LogP contribution in [0.3, 0.4) is 0 Å². The van der Waals surface area contributed by atoms with Gasteiger partial charge in [0.2, 0.25) is 0 Å². The minimum Gasteiger partial charge on any atom is -0.323 e. The molecule has 0 bridgehead atoms. The van der Waals surface area contributed by atoms with Gasteiger partial charge >= 0.3 is 26.6 Å². The summed E-state index contributed by atoms with van der Waals surface area (Å²) in [5.41, 5.74) is 0. The van der Waals surface area contributed by atoms with Crippen LogP contribution in [0.4, 0.5) is 0 Å². The van der Waals surface area contributed by atoms with E-state index in [0.717, 1.165) is 0 Å².